The summed E-state index contributed by atoms with van der Waals surface area (Å²) in [7, 11) is 0. The molecular formula is C14H17FO2. The molecule has 2 nitrogen and oxygen atoms in total. The van der Waals surface area contributed by atoms with Gasteiger partial charge in [-0.1, -0.05) is 25.0 Å². The van der Waals surface area contributed by atoms with E-state index >= 15 is 0 Å². The molecule has 0 radical (unpaired) electrons. The quantitative estimate of drug-likeness (QED) is 0.867. The number of benzene rings is 1. The molecule has 1 aromatic carbocycles. The third-order valence-electron chi connectivity index (χ3n) is 3.82. The Morgan fingerprint density at radius 1 is 1.29 bits per heavy atom. The van der Waals surface area contributed by atoms with Crippen LogP contribution in [0.1, 0.15) is 48.5 Å². The van der Waals surface area contributed by atoms with E-state index in [1.54, 1.807) is 19.1 Å². The molecule has 1 aliphatic rings. The van der Waals surface area contributed by atoms with Gasteiger partial charge in [0.2, 0.25) is 0 Å². The van der Waals surface area contributed by atoms with Gasteiger partial charge in [-0.25, -0.2) is 9.18 Å². The summed E-state index contributed by atoms with van der Waals surface area (Å²) in [6.07, 6.45) is 4.04. The van der Waals surface area contributed by atoms with Gasteiger partial charge in [0, 0.05) is 0 Å². The second-order valence-electron chi connectivity index (χ2n) is 4.94. The Bertz CT molecular complexity index is 403. The zero-order chi connectivity index (χ0) is 12.5. The number of carboxylic acid groups (broad SMARTS) is 1. The third-order valence-corrected chi connectivity index (χ3v) is 3.82. The van der Waals surface area contributed by atoms with Gasteiger partial charge in [-0.2, -0.15) is 0 Å². The summed E-state index contributed by atoms with van der Waals surface area (Å²) in [5.74, 6) is -0.906. The number of hydrogen-bond acceptors (Lipinski definition) is 1. The van der Waals surface area contributed by atoms with Gasteiger partial charge in [0.1, 0.15) is 5.67 Å². The first-order valence-electron chi connectivity index (χ1n) is 6.04. The number of hydrogen-bond donors (Lipinski definition) is 1. The first-order chi connectivity index (χ1) is 8.01. The summed E-state index contributed by atoms with van der Waals surface area (Å²) in [5, 5.41) is 8.80. The monoisotopic (exact) mass is 236 g/mol. The van der Waals surface area contributed by atoms with E-state index in [1.165, 1.54) is 12.1 Å². The fourth-order valence-electron chi connectivity index (χ4n) is 2.64. The standard InChI is InChI=1S/C14H17FO2/c1-14(15,11-4-2-3-5-11)12-8-6-10(7-9-12)13(16)17/h6-9,11H,2-5H2,1H3,(H,16,17). The molecule has 0 heterocycles. The first kappa shape index (κ1) is 12.1. The minimum absolute atomic E-state index is 0.0678. The van der Waals surface area contributed by atoms with Crippen LogP contribution >= 0.6 is 0 Å². The van der Waals surface area contributed by atoms with Crippen LogP contribution in [-0.4, -0.2) is 11.1 Å². The number of halogens is 1. The molecule has 1 N–H and O–H groups in total. The van der Waals surface area contributed by atoms with Gasteiger partial charge in [-0.3, -0.25) is 0 Å². The van der Waals surface area contributed by atoms with Gasteiger partial charge in [-0.15, -0.1) is 0 Å². The van der Waals surface area contributed by atoms with Crippen LogP contribution in [0.4, 0.5) is 4.39 Å². The van der Waals surface area contributed by atoms with Crippen molar-refractivity contribution in [2.24, 2.45) is 5.92 Å². The molecule has 3 heteroatoms. The van der Waals surface area contributed by atoms with Crippen molar-refractivity contribution in [2.75, 3.05) is 0 Å². The number of aromatic carboxylic acids is 1. The van der Waals surface area contributed by atoms with Crippen LogP contribution in [0.25, 0.3) is 0 Å². The maximum absolute atomic E-state index is 14.7. The molecule has 2 rings (SSSR count). The average molecular weight is 236 g/mol. The Morgan fingerprint density at radius 2 is 1.82 bits per heavy atom. The number of alkyl halides is 1. The predicted molar refractivity (Wildman–Crippen MR) is 63.8 cm³/mol. The molecule has 92 valence electrons. The maximum Gasteiger partial charge on any atom is 0.335 e. The van der Waals surface area contributed by atoms with Crippen molar-refractivity contribution in [1.82, 2.24) is 0 Å². The zero-order valence-corrected chi connectivity index (χ0v) is 9.95. The molecule has 1 aliphatic carbocycles. The van der Waals surface area contributed by atoms with Crippen LogP contribution in [0.3, 0.4) is 0 Å². The Labute approximate surface area is 100 Å². The lowest BCUT2D eigenvalue weighted by Gasteiger charge is -2.27. The minimum atomic E-state index is -1.34. The Balaban J connectivity index is 2.23. The van der Waals surface area contributed by atoms with Gasteiger partial charge in [0.05, 0.1) is 5.56 Å². The van der Waals surface area contributed by atoms with Crippen LogP contribution in [0.5, 0.6) is 0 Å². The van der Waals surface area contributed by atoms with E-state index in [0.29, 0.717) is 5.56 Å². The van der Waals surface area contributed by atoms with E-state index in [-0.39, 0.29) is 11.5 Å². The molecule has 1 unspecified atom stereocenters. The molecule has 0 spiro atoms. The topological polar surface area (TPSA) is 37.3 Å². The van der Waals surface area contributed by atoms with E-state index in [9.17, 15) is 9.18 Å². The minimum Gasteiger partial charge on any atom is -0.478 e. The molecule has 17 heavy (non-hydrogen) atoms. The van der Waals surface area contributed by atoms with Crippen molar-refractivity contribution in [3.8, 4) is 0 Å². The highest BCUT2D eigenvalue weighted by molar-refractivity contribution is 5.87. The van der Waals surface area contributed by atoms with Gasteiger partial charge in [0.25, 0.3) is 0 Å². The zero-order valence-electron chi connectivity index (χ0n) is 9.95. The summed E-state index contributed by atoms with van der Waals surface area (Å²) in [6, 6.07) is 6.15. The second kappa shape index (κ2) is 4.47. The van der Waals surface area contributed by atoms with E-state index in [1.807, 2.05) is 0 Å². The van der Waals surface area contributed by atoms with Gasteiger partial charge < -0.3 is 5.11 Å². The molecule has 1 aromatic rings. The molecule has 0 aromatic heterocycles. The number of carbonyl (C=O) groups is 1. The van der Waals surface area contributed by atoms with Crippen LogP contribution in [0, 0.1) is 5.92 Å². The van der Waals surface area contributed by atoms with Crippen LogP contribution in [0.2, 0.25) is 0 Å². The summed E-state index contributed by atoms with van der Waals surface area (Å²) in [4.78, 5) is 10.7. The van der Waals surface area contributed by atoms with Crippen molar-refractivity contribution in [3.05, 3.63) is 35.4 Å². The first-order valence-corrected chi connectivity index (χ1v) is 6.04. The van der Waals surface area contributed by atoms with Crippen molar-refractivity contribution in [2.45, 2.75) is 38.3 Å². The van der Waals surface area contributed by atoms with E-state index in [4.69, 9.17) is 5.11 Å². The van der Waals surface area contributed by atoms with Gasteiger partial charge >= 0.3 is 5.97 Å². The molecule has 1 atom stereocenters. The Kier molecular flexibility index (Phi) is 3.18. The number of rotatable bonds is 3. The molecule has 0 amide bonds. The molecule has 0 bridgehead atoms. The fourth-order valence-corrected chi connectivity index (χ4v) is 2.64. The highest BCUT2D eigenvalue weighted by atomic mass is 19.1. The van der Waals surface area contributed by atoms with Crippen molar-refractivity contribution < 1.29 is 14.3 Å². The molecule has 0 saturated heterocycles. The fraction of sp³-hybridized carbons (Fsp3) is 0.500. The van der Waals surface area contributed by atoms with Gasteiger partial charge in [-0.05, 0) is 43.4 Å². The lowest BCUT2D eigenvalue weighted by atomic mass is 9.83. The summed E-state index contributed by atoms with van der Waals surface area (Å²) < 4.78 is 14.7. The second-order valence-corrected chi connectivity index (χ2v) is 4.94. The van der Waals surface area contributed by atoms with Crippen LogP contribution in [0.15, 0.2) is 24.3 Å². The summed E-state index contributed by atoms with van der Waals surface area (Å²) >= 11 is 0. The summed E-state index contributed by atoms with van der Waals surface area (Å²) in [5.41, 5.74) is -0.543. The molecule has 1 fully saturated rings. The lowest BCUT2D eigenvalue weighted by molar-refractivity contribution is 0.0696. The van der Waals surface area contributed by atoms with Crippen molar-refractivity contribution in [1.29, 1.82) is 0 Å². The van der Waals surface area contributed by atoms with Gasteiger partial charge in [0.15, 0.2) is 0 Å². The normalized spacial score (nSPS) is 20.1. The predicted octanol–water partition coefficient (Wildman–Crippen LogP) is 3.76. The van der Waals surface area contributed by atoms with Crippen LogP contribution < -0.4 is 0 Å². The van der Waals surface area contributed by atoms with E-state index in [0.717, 1.165) is 25.7 Å². The van der Waals surface area contributed by atoms with E-state index < -0.39 is 11.6 Å². The highest BCUT2D eigenvalue weighted by Crippen LogP contribution is 2.43. The molecule has 1 saturated carbocycles. The summed E-state index contributed by atoms with van der Waals surface area (Å²) in [6.45, 7) is 1.61. The lowest BCUT2D eigenvalue weighted by Crippen LogP contribution is -2.25. The average Bonchev–Trinajstić information content (AvgIpc) is 2.83. The van der Waals surface area contributed by atoms with Crippen LogP contribution in [-0.2, 0) is 5.67 Å². The van der Waals surface area contributed by atoms with Crippen molar-refractivity contribution >= 4 is 5.97 Å². The largest absolute Gasteiger partial charge is 0.478 e. The number of carboxylic acids is 1. The molecule has 0 aliphatic heterocycles. The third kappa shape index (κ3) is 2.33. The Hall–Kier alpha value is -1.38. The Morgan fingerprint density at radius 3 is 2.29 bits per heavy atom. The smallest absolute Gasteiger partial charge is 0.335 e. The van der Waals surface area contributed by atoms with E-state index in [2.05, 4.69) is 0 Å². The maximum atomic E-state index is 14.7. The molecular weight excluding hydrogens is 219 g/mol. The van der Waals surface area contributed by atoms with Crippen molar-refractivity contribution in [3.63, 3.8) is 0 Å². The highest BCUT2D eigenvalue weighted by Gasteiger charge is 2.37. The SMILES string of the molecule is CC(F)(c1ccc(C(=O)O)cc1)C1CCCC1.